The van der Waals surface area contributed by atoms with Gasteiger partial charge in [0, 0.05) is 43.2 Å². The summed E-state index contributed by atoms with van der Waals surface area (Å²) in [5, 5.41) is 14.4. The van der Waals surface area contributed by atoms with Crippen molar-refractivity contribution in [1.29, 1.82) is 0 Å². The first-order chi connectivity index (χ1) is 17.4. The molecule has 0 radical (unpaired) electrons. The molecule has 0 saturated heterocycles. The fourth-order valence-electron chi connectivity index (χ4n) is 4.60. The lowest BCUT2D eigenvalue weighted by Gasteiger charge is -2.40. The van der Waals surface area contributed by atoms with Crippen LogP contribution in [0.2, 0.25) is 0 Å². The number of aliphatic hydroxyl groups is 1. The van der Waals surface area contributed by atoms with Crippen molar-refractivity contribution in [3.63, 3.8) is 0 Å². The van der Waals surface area contributed by atoms with Crippen LogP contribution in [0.15, 0.2) is 94.6 Å². The molecule has 2 aromatic carbocycles. The van der Waals surface area contributed by atoms with Gasteiger partial charge in [-0.3, -0.25) is 15.8 Å². The van der Waals surface area contributed by atoms with Crippen LogP contribution >= 0.6 is 0 Å². The standard InChI is InChI=1S/C26H29N5O4S/c1-36(33,34)26-13-23-20(14-28-26)16-30(17-24(23)31(11-12-32)22-5-3-2-4-6-22)29-21-9-7-19(8-10-21)25-15-27-18-35-25/h2-10,15,17-18,26,28-29,32H,11-14,16H2,1H3. The number of nitrogens with one attached hydrogen (secondary N) is 2. The van der Waals surface area contributed by atoms with Crippen LogP contribution in [0.1, 0.15) is 6.42 Å². The molecule has 3 aromatic rings. The molecule has 0 spiro atoms. The number of para-hydroxylation sites is 1. The van der Waals surface area contributed by atoms with Crippen molar-refractivity contribution in [1.82, 2.24) is 15.3 Å². The summed E-state index contributed by atoms with van der Waals surface area (Å²) >= 11 is 0. The van der Waals surface area contributed by atoms with E-state index in [1.807, 2.05) is 70.7 Å². The maximum atomic E-state index is 12.4. The molecule has 0 aliphatic carbocycles. The van der Waals surface area contributed by atoms with E-state index in [0.29, 0.717) is 31.8 Å². The van der Waals surface area contributed by atoms with E-state index in [1.54, 1.807) is 6.20 Å². The van der Waals surface area contributed by atoms with E-state index in [2.05, 4.69) is 15.7 Å². The Hall–Kier alpha value is -3.60. The van der Waals surface area contributed by atoms with Crippen LogP contribution < -0.4 is 15.6 Å². The number of anilines is 2. The molecular formula is C26H29N5O4S. The molecule has 188 valence electrons. The zero-order chi connectivity index (χ0) is 25.1. The fraction of sp³-hybridized carbons (Fsp3) is 0.269. The first-order valence-corrected chi connectivity index (χ1v) is 13.7. The van der Waals surface area contributed by atoms with Gasteiger partial charge in [-0.05, 0) is 47.5 Å². The summed E-state index contributed by atoms with van der Waals surface area (Å²) in [4.78, 5) is 6.01. The third-order valence-electron chi connectivity index (χ3n) is 6.38. The van der Waals surface area contributed by atoms with Crippen LogP contribution in [0.3, 0.4) is 0 Å². The summed E-state index contributed by atoms with van der Waals surface area (Å²) in [5.41, 5.74) is 9.18. The first-order valence-electron chi connectivity index (χ1n) is 11.7. The smallest absolute Gasteiger partial charge is 0.181 e. The van der Waals surface area contributed by atoms with E-state index in [9.17, 15) is 13.5 Å². The molecule has 0 amide bonds. The van der Waals surface area contributed by atoms with Crippen molar-refractivity contribution in [2.45, 2.75) is 11.8 Å². The average molecular weight is 508 g/mol. The van der Waals surface area contributed by atoms with Crippen LogP contribution in [-0.2, 0) is 9.84 Å². The third-order valence-corrected chi connectivity index (χ3v) is 7.75. The highest BCUT2D eigenvalue weighted by Crippen LogP contribution is 2.35. The van der Waals surface area contributed by atoms with Gasteiger partial charge in [-0.2, -0.15) is 0 Å². The summed E-state index contributed by atoms with van der Waals surface area (Å²) in [6, 6.07) is 17.7. The van der Waals surface area contributed by atoms with Gasteiger partial charge >= 0.3 is 0 Å². The number of aromatic nitrogens is 1. The Labute approximate surface area is 210 Å². The molecule has 3 N–H and O–H groups in total. The largest absolute Gasteiger partial charge is 0.444 e. The van der Waals surface area contributed by atoms with E-state index in [-0.39, 0.29) is 6.61 Å². The number of allylic oxidation sites excluding steroid dienone is 1. The Kier molecular flexibility index (Phi) is 6.82. The highest BCUT2D eigenvalue weighted by atomic mass is 32.2. The minimum absolute atomic E-state index is 0.0425. The number of rotatable bonds is 8. The lowest BCUT2D eigenvalue weighted by Crippen LogP contribution is -2.47. The van der Waals surface area contributed by atoms with Crippen molar-refractivity contribution in [2.75, 3.05) is 42.8 Å². The molecule has 0 saturated carbocycles. The van der Waals surface area contributed by atoms with E-state index in [4.69, 9.17) is 4.42 Å². The lowest BCUT2D eigenvalue weighted by atomic mass is 9.94. The lowest BCUT2D eigenvalue weighted by molar-refractivity contribution is 0.304. The molecule has 3 heterocycles. The Morgan fingerprint density at radius 3 is 2.64 bits per heavy atom. The second-order valence-electron chi connectivity index (χ2n) is 8.89. The molecule has 1 aromatic heterocycles. The highest BCUT2D eigenvalue weighted by Gasteiger charge is 2.34. The van der Waals surface area contributed by atoms with Crippen LogP contribution in [0, 0.1) is 0 Å². The molecule has 36 heavy (non-hydrogen) atoms. The van der Waals surface area contributed by atoms with Crippen LogP contribution in [-0.4, -0.2) is 61.4 Å². The molecule has 1 unspecified atom stereocenters. The number of hydrogen-bond acceptors (Lipinski definition) is 9. The molecular weight excluding hydrogens is 478 g/mol. The fourth-order valence-corrected chi connectivity index (χ4v) is 5.45. The third kappa shape index (κ3) is 5.15. The Balaban J connectivity index is 1.47. The van der Waals surface area contributed by atoms with Gasteiger partial charge in [-0.1, -0.05) is 18.2 Å². The van der Waals surface area contributed by atoms with Crippen LogP contribution in [0.4, 0.5) is 11.4 Å². The van der Waals surface area contributed by atoms with Crippen molar-refractivity contribution < 1.29 is 17.9 Å². The SMILES string of the molecule is CS(=O)(=O)C1CC2=C(CN1)CN(Nc1ccc(-c3cnco3)cc1)C=C2N(CCO)c1ccccc1. The number of aliphatic hydroxyl groups excluding tert-OH is 1. The zero-order valence-corrected chi connectivity index (χ0v) is 20.8. The maximum absolute atomic E-state index is 12.4. The predicted octanol–water partition coefficient (Wildman–Crippen LogP) is 2.99. The molecule has 10 heteroatoms. The number of nitrogens with zero attached hydrogens (tertiary/aromatic N) is 3. The maximum Gasteiger partial charge on any atom is 0.181 e. The molecule has 2 aliphatic heterocycles. The molecule has 5 rings (SSSR count). The van der Waals surface area contributed by atoms with E-state index >= 15 is 0 Å². The summed E-state index contributed by atoms with van der Waals surface area (Å²) in [6.45, 7) is 1.39. The normalized spacial score (nSPS) is 18.0. The monoisotopic (exact) mass is 507 g/mol. The minimum atomic E-state index is -3.27. The van der Waals surface area contributed by atoms with Gasteiger partial charge in [-0.15, -0.1) is 0 Å². The highest BCUT2D eigenvalue weighted by molar-refractivity contribution is 7.91. The summed E-state index contributed by atoms with van der Waals surface area (Å²) < 4.78 is 30.1. The molecule has 2 aliphatic rings. The van der Waals surface area contributed by atoms with Gasteiger partial charge in [0.2, 0.25) is 0 Å². The number of benzene rings is 2. The van der Waals surface area contributed by atoms with Crippen molar-refractivity contribution >= 4 is 21.2 Å². The molecule has 1 atom stereocenters. The quantitative estimate of drug-likeness (QED) is 0.424. The van der Waals surface area contributed by atoms with E-state index in [1.165, 1.54) is 12.6 Å². The predicted molar refractivity (Wildman–Crippen MR) is 140 cm³/mol. The van der Waals surface area contributed by atoms with Gasteiger partial charge in [0.05, 0.1) is 30.7 Å². The molecule has 9 nitrogen and oxygen atoms in total. The van der Waals surface area contributed by atoms with Gasteiger partial charge < -0.3 is 14.4 Å². The second kappa shape index (κ2) is 10.2. The summed E-state index contributed by atoms with van der Waals surface area (Å²) in [7, 11) is -3.27. The van der Waals surface area contributed by atoms with E-state index < -0.39 is 15.2 Å². The molecule has 0 bridgehead atoms. The van der Waals surface area contributed by atoms with Crippen molar-refractivity contribution in [3.05, 3.63) is 90.2 Å². The van der Waals surface area contributed by atoms with Crippen LogP contribution in [0.25, 0.3) is 11.3 Å². The minimum Gasteiger partial charge on any atom is -0.444 e. The summed E-state index contributed by atoms with van der Waals surface area (Å²) in [5.74, 6) is 0.702. The number of oxazole rings is 1. The molecule has 0 fully saturated rings. The average Bonchev–Trinajstić information content (AvgIpc) is 3.42. The van der Waals surface area contributed by atoms with E-state index in [0.717, 1.165) is 33.8 Å². The van der Waals surface area contributed by atoms with Crippen molar-refractivity contribution in [3.8, 4) is 11.3 Å². The van der Waals surface area contributed by atoms with Gasteiger partial charge in [-0.25, -0.2) is 13.4 Å². The topological polar surface area (TPSA) is 111 Å². The van der Waals surface area contributed by atoms with Gasteiger partial charge in [0.25, 0.3) is 0 Å². The number of hydrazine groups is 1. The summed E-state index contributed by atoms with van der Waals surface area (Å²) in [6.07, 6.45) is 6.71. The second-order valence-corrected chi connectivity index (χ2v) is 11.1. The van der Waals surface area contributed by atoms with Crippen LogP contribution in [0.5, 0.6) is 0 Å². The first kappa shape index (κ1) is 24.1. The zero-order valence-electron chi connectivity index (χ0n) is 20.0. The van der Waals surface area contributed by atoms with Gasteiger partial charge in [0.15, 0.2) is 22.0 Å². The Morgan fingerprint density at radius 1 is 1.19 bits per heavy atom. The number of sulfone groups is 1. The van der Waals surface area contributed by atoms with Gasteiger partial charge in [0.1, 0.15) is 5.37 Å². The van der Waals surface area contributed by atoms with Crippen molar-refractivity contribution in [2.24, 2.45) is 0 Å². The Morgan fingerprint density at radius 2 is 1.97 bits per heavy atom. The Bertz CT molecular complexity index is 1350. The number of hydrogen-bond donors (Lipinski definition) is 3.